The predicted molar refractivity (Wildman–Crippen MR) is 116 cm³/mol. The maximum atomic E-state index is 13.3. The van der Waals surface area contributed by atoms with Gasteiger partial charge in [-0.25, -0.2) is 8.42 Å². The van der Waals surface area contributed by atoms with Crippen molar-refractivity contribution in [3.8, 4) is 11.1 Å². The van der Waals surface area contributed by atoms with Crippen molar-refractivity contribution in [2.45, 2.75) is 18.2 Å². The standard InChI is InChI=1S/C22H25N5O3S/c1-2-26-10-11-27(31(29,30)20-14-24-25-15-20)16-19(22(26)28)12-17-6-3-4-8-21(17)18-7-5-9-23-13-18/h3-9,13-15,19H,2,10-12,16H2,1H3,(H,24,25). The van der Waals surface area contributed by atoms with Gasteiger partial charge in [0.05, 0.1) is 12.1 Å². The van der Waals surface area contributed by atoms with Gasteiger partial charge in [0.25, 0.3) is 0 Å². The number of aromatic nitrogens is 3. The third-order valence-corrected chi connectivity index (χ3v) is 7.48. The molecule has 0 bridgehead atoms. The molecule has 0 spiro atoms. The van der Waals surface area contributed by atoms with Crippen molar-refractivity contribution in [3.63, 3.8) is 0 Å². The molecule has 1 aromatic carbocycles. The topological polar surface area (TPSA) is 99.3 Å². The highest BCUT2D eigenvalue weighted by Crippen LogP contribution is 2.28. The molecule has 1 atom stereocenters. The Balaban J connectivity index is 1.67. The van der Waals surface area contributed by atoms with E-state index in [1.54, 1.807) is 17.3 Å². The van der Waals surface area contributed by atoms with E-state index in [4.69, 9.17) is 0 Å². The second-order valence-electron chi connectivity index (χ2n) is 7.51. The number of amides is 1. The maximum Gasteiger partial charge on any atom is 0.246 e. The lowest BCUT2D eigenvalue weighted by atomic mass is 9.92. The quantitative estimate of drug-likeness (QED) is 0.635. The second kappa shape index (κ2) is 8.99. The molecule has 162 valence electrons. The summed E-state index contributed by atoms with van der Waals surface area (Å²) in [6, 6.07) is 11.7. The van der Waals surface area contributed by atoms with Crippen LogP contribution in [0.15, 0.2) is 66.1 Å². The summed E-state index contributed by atoms with van der Waals surface area (Å²) in [7, 11) is -3.73. The number of sulfonamides is 1. The van der Waals surface area contributed by atoms with Crippen LogP contribution in [0.25, 0.3) is 11.1 Å². The Kier molecular flexibility index (Phi) is 6.15. The molecule has 1 N–H and O–H groups in total. The largest absolute Gasteiger partial charge is 0.341 e. The minimum Gasteiger partial charge on any atom is -0.341 e. The molecule has 1 fully saturated rings. The van der Waals surface area contributed by atoms with Gasteiger partial charge in [-0.3, -0.25) is 14.9 Å². The Morgan fingerprint density at radius 3 is 2.68 bits per heavy atom. The minimum absolute atomic E-state index is 0.0200. The third kappa shape index (κ3) is 4.38. The molecule has 3 aromatic rings. The van der Waals surface area contributed by atoms with Crippen LogP contribution in [0.5, 0.6) is 0 Å². The van der Waals surface area contributed by atoms with Crippen LogP contribution < -0.4 is 0 Å². The number of carbonyl (C=O) groups is 1. The number of H-pyrrole nitrogens is 1. The number of carbonyl (C=O) groups excluding carboxylic acids is 1. The first kappa shape index (κ1) is 21.2. The van der Waals surface area contributed by atoms with Gasteiger partial charge in [-0.05, 0) is 30.5 Å². The number of benzene rings is 1. The van der Waals surface area contributed by atoms with E-state index >= 15 is 0 Å². The summed E-state index contributed by atoms with van der Waals surface area (Å²) in [6.07, 6.45) is 6.62. The Labute approximate surface area is 182 Å². The van der Waals surface area contributed by atoms with Gasteiger partial charge in [0.15, 0.2) is 0 Å². The highest BCUT2D eigenvalue weighted by atomic mass is 32.2. The average molecular weight is 440 g/mol. The number of aromatic amines is 1. The van der Waals surface area contributed by atoms with E-state index in [1.165, 1.54) is 16.7 Å². The van der Waals surface area contributed by atoms with Crippen LogP contribution in [0, 0.1) is 5.92 Å². The Morgan fingerprint density at radius 1 is 1.13 bits per heavy atom. The Morgan fingerprint density at radius 2 is 1.97 bits per heavy atom. The van der Waals surface area contributed by atoms with Crippen molar-refractivity contribution in [1.29, 1.82) is 0 Å². The van der Waals surface area contributed by atoms with E-state index in [2.05, 4.69) is 15.2 Å². The summed E-state index contributed by atoms with van der Waals surface area (Å²) in [5, 5.41) is 6.33. The number of hydrogen-bond donors (Lipinski definition) is 1. The van der Waals surface area contributed by atoms with Crippen LogP contribution in [0.2, 0.25) is 0 Å². The predicted octanol–water partition coefficient (Wildman–Crippen LogP) is 2.18. The first-order chi connectivity index (χ1) is 15.0. The van der Waals surface area contributed by atoms with Gasteiger partial charge >= 0.3 is 0 Å². The average Bonchev–Trinajstić information content (AvgIpc) is 3.29. The normalized spacial score (nSPS) is 18.2. The van der Waals surface area contributed by atoms with Crippen LogP contribution in [0.4, 0.5) is 0 Å². The van der Waals surface area contributed by atoms with Crippen molar-refractivity contribution in [2.24, 2.45) is 5.92 Å². The van der Waals surface area contributed by atoms with Gasteiger partial charge < -0.3 is 4.90 Å². The van der Waals surface area contributed by atoms with Crippen LogP contribution in [0.1, 0.15) is 12.5 Å². The number of pyridine rings is 1. The molecular formula is C22H25N5O3S. The fourth-order valence-electron chi connectivity index (χ4n) is 4.00. The van der Waals surface area contributed by atoms with Crippen LogP contribution >= 0.6 is 0 Å². The van der Waals surface area contributed by atoms with E-state index in [0.717, 1.165) is 16.7 Å². The Hall–Kier alpha value is -3.04. The van der Waals surface area contributed by atoms with Crippen molar-refractivity contribution in [1.82, 2.24) is 24.4 Å². The fourth-order valence-corrected chi connectivity index (χ4v) is 5.38. The van der Waals surface area contributed by atoms with Crippen molar-refractivity contribution in [2.75, 3.05) is 26.2 Å². The molecule has 1 saturated heterocycles. The van der Waals surface area contributed by atoms with Crippen LogP contribution in [-0.4, -0.2) is 64.9 Å². The fraction of sp³-hybridized carbons (Fsp3) is 0.318. The number of nitrogens with one attached hydrogen (secondary N) is 1. The minimum atomic E-state index is -3.73. The molecule has 0 aliphatic carbocycles. The summed E-state index contributed by atoms with van der Waals surface area (Å²) in [4.78, 5) is 19.3. The lowest BCUT2D eigenvalue weighted by Crippen LogP contribution is -2.38. The number of likely N-dealkylation sites (N-methyl/N-ethyl adjacent to an activating group) is 1. The molecule has 3 heterocycles. The molecule has 31 heavy (non-hydrogen) atoms. The van der Waals surface area contributed by atoms with Crippen molar-refractivity contribution >= 4 is 15.9 Å². The van der Waals surface area contributed by atoms with E-state index in [1.807, 2.05) is 43.3 Å². The lowest BCUT2D eigenvalue weighted by Gasteiger charge is -2.24. The number of hydrogen-bond acceptors (Lipinski definition) is 5. The van der Waals surface area contributed by atoms with Crippen molar-refractivity contribution in [3.05, 3.63) is 66.7 Å². The zero-order valence-corrected chi connectivity index (χ0v) is 18.1. The van der Waals surface area contributed by atoms with E-state index in [9.17, 15) is 13.2 Å². The van der Waals surface area contributed by atoms with Gasteiger partial charge in [-0.1, -0.05) is 30.3 Å². The first-order valence-corrected chi connectivity index (χ1v) is 11.7. The molecule has 1 amide bonds. The second-order valence-corrected chi connectivity index (χ2v) is 9.45. The molecule has 2 aromatic heterocycles. The van der Waals surface area contributed by atoms with Crippen LogP contribution in [-0.2, 0) is 21.2 Å². The van der Waals surface area contributed by atoms with E-state index < -0.39 is 15.9 Å². The van der Waals surface area contributed by atoms with Gasteiger partial charge in [-0.2, -0.15) is 9.40 Å². The summed E-state index contributed by atoms with van der Waals surface area (Å²) < 4.78 is 27.6. The lowest BCUT2D eigenvalue weighted by molar-refractivity contribution is -0.134. The summed E-state index contributed by atoms with van der Waals surface area (Å²) in [6.45, 7) is 3.21. The summed E-state index contributed by atoms with van der Waals surface area (Å²) >= 11 is 0. The van der Waals surface area contributed by atoms with E-state index in [-0.39, 0.29) is 23.9 Å². The van der Waals surface area contributed by atoms with Gasteiger partial charge in [-0.15, -0.1) is 0 Å². The maximum absolute atomic E-state index is 13.3. The monoisotopic (exact) mass is 439 g/mol. The highest BCUT2D eigenvalue weighted by Gasteiger charge is 2.36. The molecule has 4 rings (SSSR count). The number of nitrogens with zero attached hydrogens (tertiary/aromatic N) is 4. The SMILES string of the molecule is CCN1CCN(S(=O)(=O)c2cn[nH]c2)CC(Cc2ccccc2-c2cccnc2)C1=O. The molecule has 1 aliphatic heterocycles. The molecule has 8 nitrogen and oxygen atoms in total. The molecule has 1 unspecified atom stereocenters. The molecule has 9 heteroatoms. The molecule has 0 saturated carbocycles. The van der Waals surface area contributed by atoms with Crippen molar-refractivity contribution < 1.29 is 13.2 Å². The Bertz CT molecular complexity index is 1130. The number of rotatable bonds is 6. The van der Waals surface area contributed by atoms with Gasteiger partial charge in [0.1, 0.15) is 4.90 Å². The zero-order chi connectivity index (χ0) is 21.8. The third-order valence-electron chi connectivity index (χ3n) is 5.65. The molecular weight excluding hydrogens is 414 g/mol. The van der Waals surface area contributed by atoms with E-state index in [0.29, 0.717) is 19.5 Å². The summed E-state index contributed by atoms with van der Waals surface area (Å²) in [5.74, 6) is -0.504. The molecule has 0 radical (unpaired) electrons. The van der Waals surface area contributed by atoms with Gasteiger partial charge in [0.2, 0.25) is 15.9 Å². The van der Waals surface area contributed by atoms with Gasteiger partial charge in [0, 0.05) is 50.3 Å². The molecule has 1 aliphatic rings. The highest BCUT2D eigenvalue weighted by molar-refractivity contribution is 7.89. The summed E-state index contributed by atoms with van der Waals surface area (Å²) in [5.41, 5.74) is 2.96. The van der Waals surface area contributed by atoms with Crippen LogP contribution in [0.3, 0.4) is 0 Å². The zero-order valence-electron chi connectivity index (χ0n) is 17.3. The smallest absolute Gasteiger partial charge is 0.246 e. The first-order valence-electron chi connectivity index (χ1n) is 10.3.